The van der Waals surface area contributed by atoms with Crippen LogP contribution in [0.3, 0.4) is 0 Å². The van der Waals surface area contributed by atoms with E-state index in [2.05, 4.69) is 21.5 Å². The lowest BCUT2D eigenvalue weighted by molar-refractivity contribution is -0.136. The predicted molar refractivity (Wildman–Crippen MR) is 88.4 cm³/mol. The van der Waals surface area contributed by atoms with E-state index in [-0.39, 0.29) is 25.5 Å². The number of hydrogen-bond acceptors (Lipinski definition) is 9. The van der Waals surface area contributed by atoms with E-state index in [0.29, 0.717) is 33.0 Å². The van der Waals surface area contributed by atoms with Crippen molar-refractivity contribution >= 4 is 23.4 Å². The second-order valence-electron chi connectivity index (χ2n) is 4.69. The molecule has 0 saturated heterocycles. The van der Waals surface area contributed by atoms with E-state index in [1.165, 1.54) is 0 Å². The fourth-order valence-corrected chi connectivity index (χ4v) is 1.42. The first-order valence-electron chi connectivity index (χ1n) is 7.91. The lowest BCUT2D eigenvalue weighted by Crippen LogP contribution is -2.46. The number of ether oxygens (including phenoxy) is 2. The Morgan fingerprint density at radius 3 is 2.12 bits per heavy atom. The van der Waals surface area contributed by atoms with Crippen LogP contribution in [0.2, 0.25) is 0 Å². The number of Topliss-reactive ketones (excluding diaryl/α,β-unsaturated/α-hetero) is 2. The summed E-state index contributed by atoms with van der Waals surface area (Å²) in [6.45, 7) is 3.19. The molecule has 0 aromatic rings. The van der Waals surface area contributed by atoms with Crippen LogP contribution in [0.5, 0.6) is 0 Å². The van der Waals surface area contributed by atoms with Crippen LogP contribution in [0.25, 0.3) is 0 Å². The molecule has 6 N–H and O–H groups in total. The second kappa shape index (κ2) is 15.6. The molecule has 0 aliphatic rings. The van der Waals surface area contributed by atoms with Gasteiger partial charge in [-0.05, 0) is 6.92 Å². The van der Waals surface area contributed by atoms with Crippen LogP contribution in [0.15, 0.2) is 0 Å². The van der Waals surface area contributed by atoms with E-state index in [4.69, 9.17) is 15.2 Å². The van der Waals surface area contributed by atoms with Crippen LogP contribution in [0, 0.1) is 0 Å². The summed E-state index contributed by atoms with van der Waals surface area (Å²) in [5, 5.41) is 4.81. The normalized spacial score (nSPS) is 10.3. The minimum absolute atomic E-state index is 0.0790. The van der Waals surface area contributed by atoms with Crippen LogP contribution in [-0.4, -0.2) is 82.5 Å². The zero-order valence-electron chi connectivity index (χ0n) is 14.4. The maximum absolute atomic E-state index is 11.5. The number of hydrazine groups is 1. The third-order valence-corrected chi connectivity index (χ3v) is 2.71. The Hall–Kier alpha value is -1.92. The van der Waals surface area contributed by atoms with Gasteiger partial charge in [0.05, 0.1) is 46.0 Å². The molecule has 0 saturated carbocycles. The number of carbonyl (C=O) groups is 4. The van der Waals surface area contributed by atoms with Gasteiger partial charge in [0.25, 0.3) is 0 Å². The Morgan fingerprint density at radius 2 is 1.44 bits per heavy atom. The zero-order chi connectivity index (χ0) is 18.9. The Balaban J connectivity index is 3.56. The quantitative estimate of drug-likeness (QED) is 0.106. The molecule has 0 spiro atoms. The summed E-state index contributed by atoms with van der Waals surface area (Å²) in [6.07, 6.45) is 0. The van der Waals surface area contributed by atoms with Crippen molar-refractivity contribution in [3.63, 3.8) is 0 Å². The Labute approximate surface area is 146 Å². The van der Waals surface area contributed by atoms with E-state index >= 15 is 0 Å². The van der Waals surface area contributed by atoms with Crippen molar-refractivity contribution in [3.8, 4) is 0 Å². The number of rotatable bonds is 16. The highest BCUT2D eigenvalue weighted by Crippen LogP contribution is 1.78. The van der Waals surface area contributed by atoms with Crippen molar-refractivity contribution in [1.29, 1.82) is 0 Å². The van der Waals surface area contributed by atoms with E-state index in [0.717, 1.165) is 0 Å². The van der Waals surface area contributed by atoms with E-state index in [9.17, 15) is 19.2 Å². The third-order valence-electron chi connectivity index (χ3n) is 2.71. The van der Waals surface area contributed by atoms with Crippen LogP contribution in [0.4, 0.5) is 0 Å². The van der Waals surface area contributed by atoms with Crippen LogP contribution >= 0.6 is 0 Å². The first kappa shape index (κ1) is 23.1. The summed E-state index contributed by atoms with van der Waals surface area (Å²) in [5.74, 6) is -2.31. The summed E-state index contributed by atoms with van der Waals surface area (Å²) < 4.78 is 10.3. The first-order valence-corrected chi connectivity index (χ1v) is 7.91. The van der Waals surface area contributed by atoms with Crippen molar-refractivity contribution in [1.82, 2.24) is 21.5 Å². The number of amides is 2. The van der Waals surface area contributed by atoms with Gasteiger partial charge in [0.2, 0.25) is 23.4 Å². The first-order chi connectivity index (χ1) is 12.0. The predicted octanol–water partition coefficient (Wildman–Crippen LogP) is -3.54. The van der Waals surface area contributed by atoms with Gasteiger partial charge < -0.3 is 25.8 Å². The molecule has 0 unspecified atom stereocenters. The summed E-state index contributed by atoms with van der Waals surface area (Å²) in [4.78, 5) is 45.2. The lowest BCUT2D eigenvalue weighted by Gasteiger charge is -2.08. The molecule has 0 heterocycles. The Kier molecular flexibility index (Phi) is 14.4. The molecule has 0 aliphatic heterocycles. The zero-order valence-corrected chi connectivity index (χ0v) is 14.4. The molecule has 144 valence electrons. The summed E-state index contributed by atoms with van der Waals surface area (Å²) in [7, 11) is 0. The van der Waals surface area contributed by atoms with Crippen LogP contribution < -0.4 is 27.2 Å². The molecule has 0 bridgehead atoms. The van der Waals surface area contributed by atoms with Crippen molar-refractivity contribution in [2.24, 2.45) is 5.73 Å². The number of carbonyl (C=O) groups excluding carboxylic acids is 4. The molecule has 0 aliphatic carbocycles. The molecule has 0 rings (SSSR count). The van der Waals surface area contributed by atoms with Gasteiger partial charge >= 0.3 is 0 Å². The average molecular weight is 361 g/mol. The topological polar surface area (TPSA) is 161 Å². The highest BCUT2D eigenvalue weighted by atomic mass is 16.5. The van der Waals surface area contributed by atoms with Crippen molar-refractivity contribution in [3.05, 3.63) is 0 Å². The summed E-state index contributed by atoms with van der Waals surface area (Å²) >= 11 is 0. The molecule has 11 heteroatoms. The van der Waals surface area contributed by atoms with Crippen molar-refractivity contribution in [2.75, 3.05) is 59.2 Å². The highest BCUT2D eigenvalue weighted by molar-refractivity contribution is 6.39. The van der Waals surface area contributed by atoms with Crippen molar-refractivity contribution < 1.29 is 28.7 Å². The van der Waals surface area contributed by atoms with Gasteiger partial charge in [0, 0.05) is 13.2 Å². The van der Waals surface area contributed by atoms with Gasteiger partial charge in [-0.15, -0.1) is 0 Å². The highest BCUT2D eigenvalue weighted by Gasteiger charge is 2.13. The minimum Gasteiger partial charge on any atom is -0.379 e. The van der Waals surface area contributed by atoms with Crippen LogP contribution in [0.1, 0.15) is 6.92 Å². The Morgan fingerprint density at radius 1 is 0.800 bits per heavy atom. The molecule has 11 nitrogen and oxygen atoms in total. The lowest BCUT2D eigenvalue weighted by atomic mass is 10.2. The standard InChI is InChI=1S/C14H27N5O6/c1-2-24-5-6-25-4-3-16-14(23)10-19-18-9-12(21)11(20)8-17-13(22)7-15/h18-19H,2-10,15H2,1H3,(H,16,23)(H,17,22). The van der Waals surface area contributed by atoms with Gasteiger partial charge in [-0.1, -0.05) is 0 Å². The van der Waals surface area contributed by atoms with Gasteiger partial charge in [0.1, 0.15) is 0 Å². The maximum Gasteiger partial charge on any atom is 0.235 e. The fraction of sp³-hybridized carbons (Fsp3) is 0.714. The largest absolute Gasteiger partial charge is 0.379 e. The molecule has 2 amide bonds. The molecule has 0 fully saturated rings. The molecule has 0 atom stereocenters. The fourth-order valence-electron chi connectivity index (χ4n) is 1.42. The number of hydrogen-bond donors (Lipinski definition) is 5. The minimum atomic E-state index is -0.759. The molecular weight excluding hydrogens is 334 g/mol. The number of ketones is 2. The molecule has 0 radical (unpaired) electrons. The van der Waals surface area contributed by atoms with Gasteiger partial charge in [0.15, 0.2) is 0 Å². The van der Waals surface area contributed by atoms with Gasteiger partial charge in [-0.3, -0.25) is 19.2 Å². The smallest absolute Gasteiger partial charge is 0.235 e. The van der Waals surface area contributed by atoms with E-state index in [1.54, 1.807) is 0 Å². The second-order valence-corrected chi connectivity index (χ2v) is 4.69. The number of nitrogens with two attached hydrogens (primary N) is 1. The monoisotopic (exact) mass is 361 g/mol. The van der Waals surface area contributed by atoms with Crippen molar-refractivity contribution in [2.45, 2.75) is 6.92 Å². The van der Waals surface area contributed by atoms with E-state index < -0.39 is 24.0 Å². The van der Waals surface area contributed by atoms with Gasteiger partial charge in [-0.25, -0.2) is 10.9 Å². The molecule has 25 heavy (non-hydrogen) atoms. The SMILES string of the molecule is CCOCCOCCNC(=O)CNNCC(=O)C(=O)CNC(=O)CN. The molecule has 0 aromatic heterocycles. The maximum atomic E-state index is 11.5. The summed E-state index contributed by atoms with van der Waals surface area (Å²) in [5.41, 5.74) is 10.0. The van der Waals surface area contributed by atoms with Gasteiger partial charge in [-0.2, -0.15) is 0 Å². The number of nitrogens with one attached hydrogen (secondary N) is 4. The van der Waals surface area contributed by atoms with Crippen LogP contribution in [-0.2, 0) is 28.7 Å². The average Bonchev–Trinajstić information content (AvgIpc) is 2.61. The summed E-state index contributed by atoms with van der Waals surface area (Å²) in [6, 6.07) is 0. The third kappa shape index (κ3) is 14.2. The van der Waals surface area contributed by atoms with E-state index in [1.807, 2.05) is 6.92 Å². The molecule has 0 aromatic carbocycles. The Bertz CT molecular complexity index is 432. The molecular formula is C14H27N5O6.